The number of hydrogen-bond donors (Lipinski definition) is 3. The van der Waals surface area contributed by atoms with Crippen molar-refractivity contribution in [3.8, 4) is 0 Å². The third-order valence-corrected chi connectivity index (χ3v) is 4.85. The molecule has 1 aromatic rings. The zero-order valence-corrected chi connectivity index (χ0v) is 16.8. The number of carbonyl (C=O) groups is 3. The van der Waals surface area contributed by atoms with E-state index >= 15 is 0 Å². The van der Waals surface area contributed by atoms with Gasteiger partial charge in [0, 0.05) is 6.42 Å². The smallest absolute Gasteiger partial charge is 0.336 e. The molecule has 0 saturated heterocycles. The minimum absolute atomic E-state index is 0.0460. The highest BCUT2D eigenvalue weighted by atomic mass is 35.5. The molecule has 1 aliphatic carbocycles. The lowest BCUT2D eigenvalue weighted by molar-refractivity contribution is -0.152. The summed E-state index contributed by atoms with van der Waals surface area (Å²) in [4.78, 5) is 34.4. The van der Waals surface area contributed by atoms with Crippen molar-refractivity contribution < 1.29 is 29.3 Å². The Kier molecular flexibility index (Phi) is 8.42. The average Bonchev–Trinajstić information content (AvgIpc) is 2.71. The zero-order chi connectivity index (χ0) is 21.4. The van der Waals surface area contributed by atoms with Crippen LogP contribution in [0.25, 0.3) is 5.57 Å². The first-order chi connectivity index (χ1) is 13.8. The summed E-state index contributed by atoms with van der Waals surface area (Å²) in [7, 11) is 1.14. The molecule has 1 amide bonds. The Bertz CT molecular complexity index is 802. The summed E-state index contributed by atoms with van der Waals surface area (Å²) in [5.74, 6) is -2.55. The van der Waals surface area contributed by atoms with Gasteiger partial charge in [0.15, 0.2) is 6.10 Å². The number of rotatable bonds is 9. The molecule has 0 spiro atoms. The molecule has 156 valence electrons. The van der Waals surface area contributed by atoms with Crippen molar-refractivity contribution in [1.29, 1.82) is 0 Å². The molecule has 0 saturated carbocycles. The number of carboxylic acid groups (broad SMARTS) is 1. The molecule has 1 aromatic carbocycles. The van der Waals surface area contributed by atoms with Gasteiger partial charge in [0.25, 0.3) is 0 Å². The van der Waals surface area contributed by atoms with Crippen molar-refractivity contribution in [1.82, 2.24) is 5.32 Å². The number of nitrogens with one attached hydrogen (secondary N) is 1. The van der Waals surface area contributed by atoms with E-state index in [-0.39, 0.29) is 24.6 Å². The van der Waals surface area contributed by atoms with Crippen LogP contribution in [0.5, 0.6) is 0 Å². The maximum Gasteiger partial charge on any atom is 0.336 e. The number of halogens is 1. The van der Waals surface area contributed by atoms with Gasteiger partial charge in [-0.1, -0.05) is 42.5 Å². The first kappa shape index (κ1) is 22.6. The lowest BCUT2D eigenvalue weighted by Crippen LogP contribution is -2.48. The number of carboxylic acids is 1. The van der Waals surface area contributed by atoms with Crippen LogP contribution in [-0.2, 0) is 25.5 Å². The maximum atomic E-state index is 12.0. The third kappa shape index (κ3) is 7.03. The summed E-state index contributed by atoms with van der Waals surface area (Å²) >= 11 is 6.16. The molecule has 7 nitrogen and oxygen atoms in total. The minimum atomic E-state index is -1.57. The Morgan fingerprint density at radius 2 is 1.93 bits per heavy atom. The number of esters is 1. The Labute approximate surface area is 174 Å². The van der Waals surface area contributed by atoms with Crippen molar-refractivity contribution in [3.63, 3.8) is 0 Å². The van der Waals surface area contributed by atoms with E-state index in [0.717, 1.165) is 30.2 Å². The molecule has 29 heavy (non-hydrogen) atoms. The van der Waals surface area contributed by atoms with Gasteiger partial charge >= 0.3 is 11.9 Å². The number of aliphatic hydroxyl groups excluding tert-OH is 1. The van der Waals surface area contributed by atoms with Crippen LogP contribution in [0.15, 0.2) is 42.5 Å². The van der Waals surface area contributed by atoms with E-state index in [9.17, 15) is 19.5 Å². The Morgan fingerprint density at radius 1 is 1.24 bits per heavy atom. The predicted octanol–water partition coefficient (Wildman–Crippen LogP) is 2.06. The summed E-state index contributed by atoms with van der Waals surface area (Å²) in [6, 6.07) is 6.57. The molecule has 1 aliphatic rings. The van der Waals surface area contributed by atoms with Gasteiger partial charge in [-0.2, -0.15) is 0 Å². The maximum absolute atomic E-state index is 12.0. The topological polar surface area (TPSA) is 113 Å². The van der Waals surface area contributed by atoms with Crippen molar-refractivity contribution in [3.05, 3.63) is 53.6 Å². The molecule has 0 heterocycles. The number of carbonyl (C=O) groups excluding carboxylic acids is 2. The normalized spacial score (nSPS) is 17.8. The molecular weight excluding hydrogens is 398 g/mol. The van der Waals surface area contributed by atoms with Crippen LogP contribution >= 0.6 is 11.6 Å². The molecule has 1 unspecified atom stereocenters. The first-order valence-corrected chi connectivity index (χ1v) is 9.61. The highest BCUT2D eigenvalue weighted by Gasteiger charge is 2.28. The summed E-state index contributed by atoms with van der Waals surface area (Å²) in [5, 5.41) is 21.4. The molecule has 0 bridgehead atoms. The average molecular weight is 422 g/mol. The van der Waals surface area contributed by atoms with Gasteiger partial charge in [-0.15, -0.1) is 11.6 Å². The lowest BCUT2D eigenvalue weighted by atomic mass is 9.94. The zero-order valence-electron chi connectivity index (χ0n) is 16.0. The lowest BCUT2D eigenvalue weighted by Gasteiger charge is -2.23. The van der Waals surface area contributed by atoms with E-state index < -0.39 is 30.0 Å². The number of benzene rings is 1. The number of aliphatic hydroxyl groups is 1. The second-order valence-corrected chi connectivity index (χ2v) is 7.29. The highest BCUT2D eigenvalue weighted by molar-refractivity contribution is 6.22. The molecule has 2 rings (SSSR count). The molecule has 0 aromatic heterocycles. The third-order valence-electron chi connectivity index (χ3n) is 4.55. The molecule has 0 fully saturated rings. The van der Waals surface area contributed by atoms with Crippen molar-refractivity contribution in [2.24, 2.45) is 0 Å². The number of amides is 1. The van der Waals surface area contributed by atoms with Crippen molar-refractivity contribution >= 4 is 35.0 Å². The SMILES string of the molecule is COC(=O)[C@H](O)[C@@H](Cc1ccc(C2=CC=CC(Cl)C2)cc1)NC(=O)CCC(=O)O. The molecule has 8 heteroatoms. The standard InChI is InChI=1S/C21H24ClNO6/c1-29-21(28)20(27)17(23-18(24)9-10-19(25)26)11-13-5-7-14(8-6-13)15-3-2-4-16(22)12-15/h2-8,16-17,20,27H,9-12H2,1H3,(H,23,24)(H,25,26)/t16?,17-,20-/m1/s1. The van der Waals surface area contributed by atoms with Crippen LogP contribution in [-0.4, -0.2) is 52.7 Å². The van der Waals surface area contributed by atoms with E-state index in [4.69, 9.17) is 16.7 Å². The Balaban J connectivity index is 2.09. The summed E-state index contributed by atoms with van der Waals surface area (Å²) in [5.41, 5.74) is 2.90. The van der Waals surface area contributed by atoms with E-state index in [2.05, 4.69) is 10.1 Å². The van der Waals surface area contributed by atoms with Gasteiger partial charge in [-0.05, 0) is 29.5 Å². The van der Waals surface area contributed by atoms with Gasteiger partial charge in [-0.3, -0.25) is 9.59 Å². The number of hydrogen-bond acceptors (Lipinski definition) is 5. The van der Waals surface area contributed by atoms with E-state index in [1.54, 1.807) is 0 Å². The van der Waals surface area contributed by atoms with Gasteiger partial charge in [-0.25, -0.2) is 4.79 Å². The molecular formula is C21H24ClNO6. The van der Waals surface area contributed by atoms with Crippen LogP contribution in [0.1, 0.15) is 30.4 Å². The number of alkyl halides is 1. The summed E-state index contributed by atoms with van der Waals surface area (Å²) < 4.78 is 4.56. The minimum Gasteiger partial charge on any atom is -0.481 e. The van der Waals surface area contributed by atoms with Gasteiger partial charge in [0.1, 0.15) is 0 Å². The fraction of sp³-hybridized carbons (Fsp3) is 0.381. The highest BCUT2D eigenvalue weighted by Crippen LogP contribution is 2.26. The first-order valence-electron chi connectivity index (χ1n) is 9.18. The fourth-order valence-electron chi connectivity index (χ4n) is 2.99. The van der Waals surface area contributed by atoms with E-state index in [1.807, 2.05) is 42.5 Å². The van der Waals surface area contributed by atoms with Crippen LogP contribution in [0, 0.1) is 0 Å². The fourth-order valence-corrected chi connectivity index (χ4v) is 3.24. The quantitative estimate of drug-likeness (QED) is 0.415. The Morgan fingerprint density at radius 3 is 2.52 bits per heavy atom. The van der Waals surface area contributed by atoms with Crippen molar-refractivity contribution in [2.45, 2.75) is 43.2 Å². The second-order valence-electron chi connectivity index (χ2n) is 6.73. The summed E-state index contributed by atoms with van der Waals surface area (Å²) in [6.45, 7) is 0. The van der Waals surface area contributed by atoms with Crippen LogP contribution in [0.2, 0.25) is 0 Å². The monoisotopic (exact) mass is 421 g/mol. The molecule has 0 aliphatic heterocycles. The van der Waals surface area contributed by atoms with E-state index in [1.165, 1.54) is 0 Å². The second kappa shape index (κ2) is 10.8. The number of aliphatic carboxylic acids is 1. The predicted molar refractivity (Wildman–Crippen MR) is 108 cm³/mol. The largest absolute Gasteiger partial charge is 0.481 e. The van der Waals surface area contributed by atoms with Gasteiger partial charge in [0.05, 0.1) is 24.9 Å². The van der Waals surface area contributed by atoms with Crippen LogP contribution in [0.3, 0.4) is 0 Å². The molecule has 3 N–H and O–H groups in total. The van der Waals surface area contributed by atoms with Gasteiger partial charge < -0.3 is 20.3 Å². The van der Waals surface area contributed by atoms with Crippen LogP contribution in [0.4, 0.5) is 0 Å². The Hall–Kier alpha value is -2.64. The number of allylic oxidation sites excluding steroid dienone is 4. The molecule has 0 radical (unpaired) electrons. The van der Waals surface area contributed by atoms with E-state index in [0.29, 0.717) is 0 Å². The number of methoxy groups -OCH3 is 1. The summed E-state index contributed by atoms with van der Waals surface area (Å²) in [6.07, 6.45) is 4.57. The number of ether oxygens (including phenoxy) is 1. The van der Waals surface area contributed by atoms with Crippen molar-refractivity contribution in [2.75, 3.05) is 7.11 Å². The van der Waals surface area contributed by atoms with Crippen LogP contribution < -0.4 is 5.32 Å². The van der Waals surface area contributed by atoms with Gasteiger partial charge in [0.2, 0.25) is 5.91 Å². The molecule has 3 atom stereocenters.